The van der Waals surface area contributed by atoms with Gasteiger partial charge in [-0.05, 0) is 37.3 Å². The number of nitrogens with zero attached hydrogens (tertiary/aromatic N) is 6. The van der Waals surface area contributed by atoms with Crippen LogP contribution in [0.15, 0.2) is 65.7 Å². The quantitative estimate of drug-likeness (QED) is 0.355. The van der Waals surface area contributed by atoms with Crippen molar-refractivity contribution in [2.75, 3.05) is 10.6 Å². The molecule has 37 heavy (non-hydrogen) atoms. The lowest BCUT2D eigenvalue weighted by Crippen LogP contribution is -2.20. The van der Waals surface area contributed by atoms with Crippen molar-refractivity contribution in [2.24, 2.45) is 0 Å². The first-order valence-electron chi connectivity index (χ1n) is 10.7. The number of rotatable bonds is 6. The molecule has 2 amide bonds. The molecule has 0 aliphatic rings. The standard InChI is InChI=1S/C23H17F3N8O3/c1-13-8-19(32-33(13)12-20(35)29-14-4-2-6-27-10-14)31-22(36)15-11-28-34-18(23(24,25)26)9-16(30-21(15)34)17-5-3-7-37-17/h2-11H,12H2,1H3,(H,29,35)(H,31,32,36). The van der Waals surface area contributed by atoms with Crippen molar-refractivity contribution < 1.29 is 27.2 Å². The number of aromatic nitrogens is 6. The van der Waals surface area contributed by atoms with E-state index in [4.69, 9.17) is 4.42 Å². The summed E-state index contributed by atoms with van der Waals surface area (Å²) in [5, 5.41) is 13.1. The largest absolute Gasteiger partial charge is 0.463 e. The van der Waals surface area contributed by atoms with E-state index in [0.717, 1.165) is 12.3 Å². The Morgan fingerprint density at radius 1 is 1.11 bits per heavy atom. The number of furan rings is 1. The molecule has 0 aliphatic heterocycles. The maximum absolute atomic E-state index is 13.7. The predicted molar refractivity (Wildman–Crippen MR) is 123 cm³/mol. The summed E-state index contributed by atoms with van der Waals surface area (Å²) < 4.78 is 48.3. The highest BCUT2D eigenvalue weighted by Gasteiger charge is 2.36. The Bertz CT molecular complexity index is 1590. The van der Waals surface area contributed by atoms with Gasteiger partial charge in [-0.2, -0.15) is 23.4 Å². The molecule has 2 N–H and O–H groups in total. The Morgan fingerprint density at radius 3 is 2.65 bits per heavy atom. The molecule has 0 aromatic carbocycles. The minimum Gasteiger partial charge on any atom is -0.463 e. The normalized spacial score (nSPS) is 11.6. The second kappa shape index (κ2) is 9.22. The van der Waals surface area contributed by atoms with Gasteiger partial charge in [0.1, 0.15) is 17.8 Å². The number of hydrogen-bond donors (Lipinski definition) is 2. The maximum atomic E-state index is 13.7. The van der Waals surface area contributed by atoms with Crippen LogP contribution in [0.4, 0.5) is 24.7 Å². The summed E-state index contributed by atoms with van der Waals surface area (Å²) in [6.07, 6.45) is 0.585. The van der Waals surface area contributed by atoms with Crippen LogP contribution in [0.5, 0.6) is 0 Å². The zero-order valence-electron chi connectivity index (χ0n) is 19.0. The molecule has 0 spiro atoms. The van der Waals surface area contributed by atoms with Gasteiger partial charge in [-0.25, -0.2) is 9.50 Å². The number of nitrogens with one attached hydrogen (secondary N) is 2. The molecule has 188 valence electrons. The molecule has 5 heterocycles. The van der Waals surface area contributed by atoms with E-state index in [1.165, 1.54) is 35.3 Å². The molecule has 0 saturated carbocycles. The van der Waals surface area contributed by atoms with Gasteiger partial charge in [-0.1, -0.05) is 0 Å². The number of hydrogen-bond acceptors (Lipinski definition) is 7. The highest BCUT2D eigenvalue weighted by atomic mass is 19.4. The second-order valence-electron chi connectivity index (χ2n) is 7.87. The summed E-state index contributed by atoms with van der Waals surface area (Å²) in [7, 11) is 0. The molecule has 0 aliphatic carbocycles. The molecule has 0 saturated heterocycles. The lowest BCUT2D eigenvalue weighted by atomic mass is 10.2. The fourth-order valence-electron chi connectivity index (χ4n) is 3.56. The number of fused-ring (bicyclic) bond motifs is 1. The number of carbonyl (C=O) groups excluding carboxylic acids is 2. The van der Waals surface area contributed by atoms with E-state index in [0.29, 0.717) is 15.9 Å². The highest BCUT2D eigenvalue weighted by Crippen LogP contribution is 2.33. The number of aryl methyl sites for hydroxylation is 1. The van der Waals surface area contributed by atoms with Gasteiger partial charge in [0.05, 0.1) is 24.3 Å². The first-order valence-corrected chi connectivity index (χ1v) is 10.7. The molecule has 11 nitrogen and oxygen atoms in total. The lowest BCUT2D eigenvalue weighted by Gasteiger charge is -2.10. The number of amides is 2. The summed E-state index contributed by atoms with van der Waals surface area (Å²) >= 11 is 0. The number of anilines is 2. The van der Waals surface area contributed by atoms with Crippen LogP contribution < -0.4 is 10.6 Å². The molecule has 0 radical (unpaired) electrons. The lowest BCUT2D eigenvalue weighted by molar-refractivity contribution is -0.142. The van der Waals surface area contributed by atoms with Crippen molar-refractivity contribution >= 4 is 29.0 Å². The van der Waals surface area contributed by atoms with Crippen LogP contribution in [-0.2, 0) is 17.5 Å². The first kappa shape index (κ1) is 23.7. The van der Waals surface area contributed by atoms with E-state index in [1.807, 2.05) is 0 Å². The van der Waals surface area contributed by atoms with Gasteiger partial charge in [-0.15, -0.1) is 0 Å². The second-order valence-corrected chi connectivity index (χ2v) is 7.87. The van der Waals surface area contributed by atoms with Gasteiger partial charge in [-0.3, -0.25) is 19.3 Å². The average molecular weight is 510 g/mol. The molecule has 5 aromatic heterocycles. The molecule has 0 atom stereocenters. The maximum Gasteiger partial charge on any atom is 0.433 e. The van der Waals surface area contributed by atoms with Crippen molar-refractivity contribution in [3.8, 4) is 11.5 Å². The Hall–Kier alpha value is -5.01. The summed E-state index contributed by atoms with van der Waals surface area (Å²) in [5.41, 5.74) is -0.680. The number of pyridine rings is 1. The predicted octanol–water partition coefficient (Wildman–Crippen LogP) is 3.80. The number of carbonyl (C=O) groups is 2. The van der Waals surface area contributed by atoms with Crippen LogP contribution in [0.25, 0.3) is 17.1 Å². The number of halogens is 3. The Labute approximate surface area is 205 Å². The van der Waals surface area contributed by atoms with E-state index >= 15 is 0 Å². The first-order chi connectivity index (χ1) is 17.7. The Balaban J connectivity index is 1.40. The van der Waals surface area contributed by atoms with Crippen LogP contribution in [-0.4, -0.2) is 41.2 Å². The molecule has 0 bridgehead atoms. The smallest absolute Gasteiger partial charge is 0.433 e. The molecule has 0 unspecified atom stereocenters. The van der Waals surface area contributed by atoms with Crippen LogP contribution in [0.1, 0.15) is 21.7 Å². The van der Waals surface area contributed by atoms with Gasteiger partial charge in [0.25, 0.3) is 5.91 Å². The minimum absolute atomic E-state index is 0.0919. The fraction of sp³-hybridized carbons (Fsp3) is 0.130. The van der Waals surface area contributed by atoms with Crippen molar-refractivity contribution in [2.45, 2.75) is 19.6 Å². The van der Waals surface area contributed by atoms with E-state index in [2.05, 4.69) is 30.8 Å². The topological polar surface area (TPSA) is 132 Å². The van der Waals surface area contributed by atoms with Crippen molar-refractivity contribution in [1.82, 2.24) is 29.4 Å². The zero-order valence-corrected chi connectivity index (χ0v) is 19.0. The molecule has 14 heteroatoms. The summed E-state index contributed by atoms with van der Waals surface area (Å²) in [6, 6.07) is 8.63. The van der Waals surface area contributed by atoms with E-state index < -0.39 is 17.8 Å². The van der Waals surface area contributed by atoms with Gasteiger partial charge < -0.3 is 15.1 Å². The monoisotopic (exact) mass is 510 g/mol. The van der Waals surface area contributed by atoms with Gasteiger partial charge in [0.2, 0.25) is 5.91 Å². The molecule has 0 fully saturated rings. The molecule has 5 rings (SSSR count). The van der Waals surface area contributed by atoms with Crippen LogP contribution in [0.2, 0.25) is 0 Å². The van der Waals surface area contributed by atoms with E-state index in [9.17, 15) is 22.8 Å². The van der Waals surface area contributed by atoms with Crippen LogP contribution in [0, 0.1) is 6.92 Å². The third-order valence-corrected chi connectivity index (χ3v) is 5.24. The van der Waals surface area contributed by atoms with E-state index in [-0.39, 0.29) is 40.9 Å². The summed E-state index contributed by atoms with van der Waals surface area (Å²) in [5.74, 6) is -0.959. The van der Waals surface area contributed by atoms with Crippen molar-refractivity contribution in [1.29, 1.82) is 0 Å². The summed E-state index contributed by atoms with van der Waals surface area (Å²) in [4.78, 5) is 33.4. The zero-order chi connectivity index (χ0) is 26.2. The van der Waals surface area contributed by atoms with Crippen molar-refractivity contribution in [3.63, 3.8) is 0 Å². The van der Waals surface area contributed by atoms with Crippen LogP contribution >= 0.6 is 0 Å². The van der Waals surface area contributed by atoms with E-state index in [1.54, 1.807) is 25.3 Å². The third kappa shape index (κ3) is 4.89. The fourth-order valence-corrected chi connectivity index (χ4v) is 3.56. The molecular weight excluding hydrogens is 493 g/mol. The Morgan fingerprint density at radius 2 is 1.95 bits per heavy atom. The SMILES string of the molecule is Cc1cc(NC(=O)c2cnn3c(C(F)(F)F)cc(-c4ccco4)nc23)nn1CC(=O)Nc1cccnc1. The third-order valence-electron chi connectivity index (χ3n) is 5.24. The van der Waals surface area contributed by atoms with Crippen LogP contribution in [0.3, 0.4) is 0 Å². The highest BCUT2D eigenvalue weighted by molar-refractivity contribution is 6.07. The molecular formula is C23H17F3N8O3. The average Bonchev–Trinajstić information content (AvgIpc) is 3.59. The minimum atomic E-state index is -4.77. The summed E-state index contributed by atoms with van der Waals surface area (Å²) in [6.45, 7) is 1.54. The van der Waals surface area contributed by atoms with Gasteiger partial charge in [0.15, 0.2) is 22.9 Å². The van der Waals surface area contributed by atoms with Gasteiger partial charge >= 0.3 is 6.18 Å². The van der Waals surface area contributed by atoms with Gasteiger partial charge in [0, 0.05) is 18.0 Å². The molecule has 5 aromatic rings. The Kier molecular flexibility index (Phi) is 5.91. The van der Waals surface area contributed by atoms with Crippen molar-refractivity contribution in [3.05, 3.63) is 78.2 Å². The number of alkyl halides is 3.